The summed E-state index contributed by atoms with van der Waals surface area (Å²) < 4.78 is 20.5. The van der Waals surface area contributed by atoms with Crippen molar-refractivity contribution in [2.45, 2.75) is 20.4 Å². The molecular weight excluding hydrogens is 411 g/mol. The first-order chi connectivity index (χ1) is 15.4. The number of aryl methyl sites for hydroxylation is 1. The van der Waals surface area contributed by atoms with Gasteiger partial charge in [0.25, 0.3) is 0 Å². The highest BCUT2D eigenvalue weighted by Crippen LogP contribution is 2.20. The van der Waals surface area contributed by atoms with Crippen LogP contribution in [-0.4, -0.2) is 46.8 Å². The van der Waals surface area contributed by atoms with Crippen molar-refractivity contribution in [1.82, 2.24) is 14.7 Å². The molecule has 0 radical (unpaired) electrons. The van der Waals surface area contributed by atoms with Crippen LogP contribution in [0.5, 0.6) is 0 Å². The molecule has 1 unspecified atom stereocenters. The lowest BCUT2D eigenvalue weighted by atomic mass is 10.1. The molecule has 1 N–H and O–H groups in total. The van der Waals surface area contributed by atoms with E-state index in [9.17, 15) is 14.0 Å². The molecule has 0 fully saturated rings. The largest absolute Gasteiger partial charge is 0.469 e. The lowest BCUT2D eigenvalue weighted by Gasteiger charge is -2.24. The van der Waals surface area contributed by atoms with E-state index in [1.54, 1.807) is 38.1 Å². The van der Waals surface area contributed by atoms with Crippen LogP contribution in [0.2, 0.25) is 0 Å². The van der Waals surface area contributed by atoms with Gasteiger partial charge in [-0.1, -0.05) is 49.4 Å². The molecule has 0 aliphatic carbocycles. The summed E-state index contributed by atoms with van der Waals surface area (Å²) in [5.74, 6) is -1.10. The number of benzene rings is 2. The monoisotopic (exact) mass is 438 g/mol. The fourth-order valence-corrected chi connectivity index (χ4v) is 3.47. The van der Waals surface area contributed by atoms with E-state index in [0.29, 0.717) is 24.6 Å². The van der Waals surface area contributed by atoms with E-state index in [-0.39, 0.29) is 24.1 Å². The highest BCUT2D eigenvalue weighted by molar-refractivity contribution is 5.91. The topological polar surface area (TPSA) is 76.5 Å². The predicted octanol–water partition coefficient (Wildman–Crippen LogP) is 3.57. The quantitative estimate of drug-likeness (QED) is 0.517. The number of amides is 1. The molecular formula is C24H27FN4O3. The fourth-order valence-electron chi connectivity index (χ4n) is 3.47. The van der Waals surface area contributed by atoms with Crippen LogP contribution in [0.25, 0.3) is 5.69 Å². The number of nitrogens with one attached hydrogen (secondary N) is 1. The molecule has 0 bridgehead atoms. The minimum Gasteiger partial charge on any atom is -0.469 e. The van der Waals surface area contributed by atoms with Crippen molar-refractivity contribution in [1.29, 1.82) is 0 Å². The number of aromatic nitrogens is 2. The second-order valence-electron chi connectivity index (χ2n) is 7.66. The summed E-state index contributed by atoms with van der Waals surface area (Å²) >= 11 is 0. The van der Waals surface area contributed by atoms with Gasteiger partial charge in [0.1, 0.15) is 17.3 Å². The van der Waals surface area contributed by atoms with Gasteiger partial charge in [-0.3, -0.25) is 14.5 Å². The smallest absolute Gasteiger partial charge is 0.309 e. The van der Waals surface area contributed by atoms with Gasteiger partial charge in [0, 0.05) is 19.2 Å². The summed E-state index contributed by atoms with van der Waals surface area (Å²) in [5, 5.41) is 7.14. The molecule has 0 saturated heterocycles. The molecule has 0 aliphatic heterocycles. The molecule has 0 aliphatic rings. The summed E-state index contributed by atoms with van der Waals surface area (Å²) in [6.07, 6.45) is 0. The molecule has 0 saturated carbocycles. The maximum Gasteiger partial charge on any atom is 0.309 e. The number of carbonyl (C=O) groups is 2. The van der Waals surface area contributed by atoms with Gasteiger partial charge in [0.05, 0.1) is 25.3 Å². The normalized spacial score (nSPS) is 11.9. The standard InChI is InChI=1S/C24H27FN4O3/c1-17(24(31)32-3)14-28(15-19-9-5-4-6-10-19)16-23(30)26-22-13-18(2)27-29(22)21-12-8-7-11-20(21)25/h4-13,17H,14-16H2,1-3H3,(H,26,30). The molecule has 168 valence electrons. The zero-order chi connectivity index (χ0) is 23.1. The first-order valence-corrected chi connectivity index (χ1v) is 10.3. The van der Waals surface area contributed by atoms with Gasteiger partial charge in [-0.2, -0.15) is 5.10 Å². The van der Waals surface area contributed by atoms with E-state index in [0.717, 1.165) is 5.56 Å². The number of anilines is 1. The van der Waals surface area contributed by atoms with Crippen molar-refractivity contribution in [2.75, 3.05) is 25.5 Å². The van der Waals surface area contributed by atoms with Crippen LogP contribution in [0.1, 0.15) is 18.2 Å². The Labute approximate surface area is 186 Å². The van der Waals surface area contributed by atoms with Gasteiger partial charge in [-0.15, -0.1) is 0 Å². The van der Waals surface area contributed by atoms with Crippen LogP contribution in [0.4, 0.5) is 10.2 Å². The zero-order valence-electron chi connectivity index (χ0n) is 18.4. The average Bonchev–Trinajstić information content (AvgIpc) is 3.13. The van der Waals surface area contributed by atoms with Gasteiger partial charge < -0.3 is 10.1 Å². The van der Waals surface area contributed by atoms with Crippen molar-refractivity contribution in [3.8, 4) is 5.69 Å². The third-order valence-corrected chi connectivity index (χ3v) is 4.93. The average molecular weight is 439 g/mol. The number of hydrogen-bond donors (Lipinski definition) is 1. The molecule has 1 heterocycles. The SMILES string of the molecule is COC(=O)C(C)CN(CC(=O)Nc1cc(C)nn1-c1ccccc1F)Cc1ccccc1. The van der Waals surface area contributed by atoms with E-state index in [4.69, 9.17) is 4.74 Å². The number of methoxy groups -OCH3 is 1. The molecule has 3 rings (SSSR count). The van der Waals surface area contributed by atoms with E-state index in [1.807, 2.05) is 35.2 Å². The Morgan fingerprint density at radius 3 is 2.53 bits per heavy atom. The van der Waals surface area contributed by atoms with Crippen molar-refractivity contribution in [2.24, 2.45) is 5.92 Å². The number of halogens is 1. The third kappa shape index (κ3) is 6.01. The van der Waals surface area contributed by atoms with Crippen LogP contribution in [0.3, 0.4) is 0 Å². The van der Waals surface area contributed by atoms with E-state index >= 15 is 0 Å². The third-order valence-electron chi connectivity index (χ3n) is 4.93. The minimum absolute atomic E-state index is 0.0394. The second kappa shape index (κ2) is 10.7. The van der Waals surface area contributed by atoms with E-state index in [2.05, 4.69) is 10.4 Å². The second-order valence-corrected chi connectivity index (χ2v) is 7.66. The van der Waals surface area contributed by atoms with Crippen LogP contribution in [0, 0.1) is 18.7 Å². The zero-order valence-corrected chi connectivity index (χ0v) is 18.4. The number of carbonyl (C=O) groups excluding carboxylic acids is 2. The maximum absolute atomic E-state index is 14.3. The van der Waals surface area contributed by atoms with Crippen LogP contribution < -0.4 is 5.32 Å². The Balaban J connectivity index is 1.76. The molecule has 2 aromatic carbocycles. The van der Waals surface area contributed by atoms with Crippen LogP contribution >= 0.6 is 0 Å². The van der Waals surface area contributed by atoms with E-state index in [1.165, 1.54) is 17.9 Å². The molecule has 32 heavy (non-hydrogen) atoms. The maximum atomic E-state index is 14.3. The Morgan fingerprint density at radius 2 is 1.84 bits per heavy atom. The van der Waals surface area contributed by atoms with Crippen molar-refractivity contribution < 1.29 is 18.7 Å². The Hall–Kier alpha value is -3.52. The van der Waals surface area contributed by atoms with Gasteiger partial charge in [0.15, 0.2) is 0 Å². The number of ether oxygens (including phenoxy) is 1. The highest BCUT2D eigenvalue weighted by Gasteiger charge is 2.21. The lowest BCUT2D eigenvalue weighted by Crippen LogP contribution is -2.38. The van der Waals surface area contributed by atoms with Crippen molar-refractivity contribution in [3.63, 3.8) is 0 Å². The Bertz CT molecular complexity index is 1070. The fraction of sp³-hybridized carbons (Fsp3) is 0.292. The van der Waals surface area contributed by atoms with Crippen LogP contribution in [-0.2, 0) is 20.9 Å². The minimum atomic E-state index is -0.441. The Kier molecular flexibility index (Phi) is 7.72. The molecule has 3 aromatic rings. The molecule has 1 aromatic heterocycles. The summed E-state index contributed by atoms with van der Waals surface area (Å²) in [6.45, 7) is 4.41. The number of rotatable bonds is 9. The van der Waals surface area contributed by atoms with E-state index < -0.39 is 11.7 Å². The lowest BCUT2D eigenvalue weighted by molar-refractivity contribution is -0.145. The van der Waals surface area contributed by atoms with Gasteiger partial charge in [0.2, 0.25) is 5.91 Å². The van der Waals surface area contributed by atoms with Gasteiger partial charge in [-0.05, 0) is 24.6 Å². The first-order valence-electron chi connectivity index (χ1n) is 10.3. The summed E-state index contributed by atoms with van der Waals surface area (Å²) in [4.78, 5) is 26.7. The van der Waals surface area contributed by atoms with Gasteiger partial charge >= 0.3 is 5.97 Å². The summed E-state index contributed by atoms with van der Waals surface area (Å²) in [6, 6.07) is 17.6. The molecule has 1 amide bonds. The first kappa shape index (κ1) is 23.1. The molecule has 7 nitrogen and oxygen atoms in total. The number of hydrogen-bond acceptors (Lipinski definition) is 5. The number of esters is 1. The molecule has 0 spiro atoms. The van der Waals surface area contributed by atoms with Crippen LogP contribution in [0.15, 0.2) is 60.7 Å². The number of nitrogens with zero attached hydrogens (tertiary/aromatic N) is 3. The highest BCUT2D eigenvalue weighted by atomic mass is 19.1. The Morgan fingerprint density at radius 1 is 1.16 bits per heavy atom. The van der Waals surface area contributed by atoms with Crippen molar-refractivity contribution >= 4 is 17.7 Å². The number of para-hydroxylation sites is 1. The van der Waals surface area contributed by atoms with Crippen molar-refractivity contribution in [3.05, 3.63) is 77.7 Å². The molecule has 1 atom stereocenters. The van der Waals surface area contributed by atoms with Gasteiger partial charge in [-0.25, -0.2) is 9.07 Å². The summed E-state index contributed by atoms with van der Waals surface area (Å²) in [7, 11) is 1.35. The molecule has 8 heteroatoms. The predicted molar refractivity (Wildman–Crippen MR) is 120 cm³/mol. The summed E-state index contributed by atoms with van der Waals surface area (Å²) in [5.41, 5.74) is 1.91.